The molecule has 1 aromatic heterocycles. The number of likely N-dealkylation sites (N-methyl/N-ethyl adjacent to an activating group) is 1. The summed E-state index contributed by atoms with van der Waals surface area (Å²) < 4.78 is 6.67. The number of rotatable bonds is 1. The number of aldehydes is 1. The molecule has 1 aliphatic heterocycles. The standard InChI is InChI=1S/C9H13NO.C6H5Br.C3H4O/c1-7-5-8-3-4-10(2)6-9(8)11-7;7-6-4-2-1-3-5-6;1-2-3-4/h5H,3-4,6H2,1-2H3;1-5H;2-3H,1H2. The fourth-order valence-corrected chi connectivity index (χ4v) is 2.32. The number of hydrogen-bond acceptors (Lipinski definition) is 3. The van der Waals surface area contributed by atoms with E-state index in [1.807, 2.05) is 37.3 Å². The van der Waals surface area contributed by atoms with E-state index in [9.17, 15) is 0 Å². The highest BCUT2D eigenvalue weighted by Crippen LogP contribution is 2.21. The number of fused-ring (bicyclic) bond motifs is 1. The second-order valence-electron chi connectivity index (χ2n) is 4.96. The van der Waals surface area contributed by atoms with E-state index in [1.54, 1.807) is 0 Å². The van der Waals surface area contributed by atoms with Crippen LogP contribution in [-0.2, 0) is 17.8 Å². The van der Waals surface area contributed by atoms with E-state index >= 15 is 0 Å². The molecule has 118 valence electrons. The Labute approximate surface area is 140 Å². The maximum absolute atomic E-state index is 9.06. The Morgan fingerprint density at radius 2 is 1.95 bits per heavy atom. The molecular formula is C18H22BrNO2. The highest BCUT2D eigenvalue weighted by atomic mass is 79.9. The van der Waals surface area contributed by atoms with Crippen molar-refractivity contribution in [1.29, 1.82) is 0 Å². The van der Waals surface area contributed by atoms with Crippen molar-refractivity contribution in [1.82, 2.24) is 4.90 Å². The number of furan rings is 1. The first-order chi connectivity index (χ1) is 10.6. The molecule has 22 heavy (non-hydrogen) atoms. The van der Waals surface area contributed by atoms with Crippen LogP contribution in [0.2, 0.25) is 0 Å². The van der Waals surface area contributed by atoms with Gasteiger partial charge in [-0.25, -0.2) is 0 Å². The zero-order valence-corrected chi connectivity index (χ0v) is 14.7. The van der Waals surface area contributed by atoms with E-state index in [-0.39, 0.29) is 0 Å². The van der Waals surface area contributed by atoms with Crippen molar-refractivity contribution in [2.75, 3.05) is 13.6 Å². The van der Waals surface area contributed by atoms with Crippen molar-refractivity contribution in [3.63, 3.8) is 0 Å². The number of carbonyl (C=O) groups excluding carboxylic acids is 1. The zero-order chi connectivity index (χ0) is 16.4. The molecule has 1 aromatic carbocycles. The predicted octanol–water partition coefficient (Wildman–Crippen LogP) is 4.40. The molecule has 4 heteroatoms. The number of allylic oxidation sites excluding steroid dienone is 1. The lowest BCUT2D eigenvalue weighted by atomic mass is 10.1. The van der Waals surface area contributed by atoms with Crippen LogP contribution in [0.5, 0.6) is 0 Å². The summed E-state index contributed by atoms with van der Waals surface area (Å²) in [5.74, 6) is 2.21. The van der Waals surface area contributed by atoms with Gasteiger partial charge in [-0.15, -0.1) is 0 Å². The Balaban J connectivity index is 0.000000190. The zero-order valence-electron chi connectivity index (χ0n) is 13.1. The molecule has 2 aromatic rings. The van der Waals surface area contributed by atoms with E-state index < -0.39 is 0 Å². The SMILES string of the molecule is Brc1ccccc1.C=CC=O.Cc1cc2c(o1)CN(C)CC2. The van der Waals surface area contributed by atoms with Crippen molar-refractivity contribution < 1.29 is 9.21 Å². The highest BCUT2D eigenvalue weighted by Gasteiger charge is 2.16. The molecule has 3 nitrogen and oxygen atoms in total. The van der Waals surface area contributed by atoms with Crippen LogP contribution in [0, 0.1) is 6.92 Å². The minimum atomic E-state index is 0.639. The number of carbonyl (C=O) groups is 1. The summed E-state index contributed by atoms with van der Waals surface area (Å²) in [5.41, 5.74) is 1.40. The molecule has 0 saturated carbocycles. The van der Waals surface area contributed by atoms with Crippen molar-refractivity contribution in [3.8, 4) is 0 Å². The maximum atomic E-state index is 9.06. The summed E-state index contributed by atoms with van der Waals surface area (Å²) >= 11 is 3.31. The van der Waals surface area contributed by atoms with E-state index in [1.165, 1.54) is 11.6 Å². The number of benzene rings is 1. The van der Waals surface area contributed by atoms with Crippen LogP contribution in [0.25, 0.3) is 0 Å². The summed E-state index contributed by atoms with van der Waals surface area (Å²) in [4.78, 5) is 11.3. The highest BCUT2D eigenvalue weighted by molar-refractivity contribution is 9.10. The number of nitrogens with zero attached hydrogens (tertiary/aromatic N) is 1. The molecule has 0 saturated heterocycles. The number of hydrogen-bond donors (Lipinski definition) is 0. The summed E-state index contributed by atoms with van der Waals surface area (Å²) in [6, 6.07) is 12.1. The van der Waals surface area contributed by atoms with Gasteiger partial charge in [0.15, 0.2) is 0 Å². The molecule has 0 radical (unpaired) electrons. The first-order valence-corrected chi connectivity index (χ1v) is 7.89. The average molecular weight is 364 g/mol. The van der Waals surface area contributed by atoms with Gasteiger partial charge in [-0.1, -0.05) is 40.7 Å². The van der Waals surface area contributed by atoms with Gasteiger partial charge in [0.05, 0.1) is 6.54 Å². The number of halogens is 1. The first kappa shape index (κ1) is 18.4. The fraction of sp³-hybridized carbons (Fsp3) is 0.278. The van der Waals surface area contributed by atoms with Crippen molar-refractivity contribution in [3.05, 3.63) is 70.6 Å². The third-order valence-corrected chi connectivity index (χ3v) is 3.55. The maximum Gasteiger partial charge on any atom is 0.142 e. The topological polar surface area (TPSA) is 33.5 Å². The van der Waals surface area contributed by atoms with Crippen molar-refractivity contribution in [2.45, 2.75) is 19.9 Å². The molecule has 0 unspecified atom stereocenters. The van der Waals surface area contributed by atoms with Crippen LogP contribution in [0.1, 0.15) is 17.1 Å². The van der Waals surface area contributed by atoms with E-state index in [4.69, 9.17) is 9.21 Å². The molecule has 2 heterocycles. The van der Waals surface area contributed by atoms with E-state index in [0.29, 0.717) is 6.29 Å². The third-order valence-electron chi connectivity index (χ3n) is 3.03. The van der Waals surface area contributed by atoms with Crippen LogP contribution in [0.15, 0.2) is 57.9 Å². The van der Waals surface area contributed by atoms with Gasteiger partial charge < -0.3 is 4.42 Å². The lowest BCUT2D eigenvalue weighted by Gasteiger charge is -2.20. The summed E-state index contributed by atoms with van der Waals surface area (Å²) in [6.45, 7) is 7.26. The normalized spacial score (nSPS) is 12.9. The van der Waals surface area contributed by atoms with Gasteiger partial charge in [0.2, 0.25) is 0 Å². The van der Waals surface area contributed by atoms with Gasteiger partial charge in [-0.05, 0) is 50.2 Å². The van der Waals surface area contributed by atoms with Gasteiger partial charge in [-0.2, -0.15) is 0 Å². The van der Waals surface area contributed by atoms with Gasteiger partial charge in [-0.3, -0.25) is 9.69 Å². The lowest BCUT2D eigenvalue weighted by molar-refractivity contribution is -0.104. The smallest absolute Gasteiger partial charge is 0.142 e. The van der Waals surface area contributed by atoms with Crippen LogP contribution < -0.4 is 0 Å². The van der Waals surface area contributed by atoms with Crippen molar-refractivity contribution in [2.24, 2.45) is 0 Å². The molecule has 0 spiro atoms. The average Bonchev–Trinajstić information content (AvgIpc) is 2.88. The first-order valence-electron chi connectivity index (χ1n) is 7.10. The summed E-state index contributed by atoms with van der Waals surface area (Å²) in [5, 5.41) is 0. The fourth-order valence-electron chi connectivity index (χ4n) is 2.01. The minimum absolute atomic E-state index is 0.639. The minimum Gasteiger partial charge on any atom is -0.465 e. The molecular weight excluding hydrogens is 342 g/mol. The van der Waals surface area contributed by atoms with Gasteiger partial charge in [0, 0.05) is 11.0 Å². The molecule has 0 fully saturated rings. The second-order valence-corrected chi connectivity index (χ2v) is 5.88. The molecule has 0 N–H and O–H groups in total. The van der Waals surface area contributed by atoms with E-state index in [2.05, 4.69) is 40.5 Å². The summed E-state index contributed by atoms with van der Waals surface area (Å²) in [7, 11) is 2.13. The largest absolute Gasteiger partial charge is 0.465 e. The molecule has 0 atom stereocenters. The van der Waals surface area contributed by atoms with E-state index in [0.717, 1.165) is 35.5 Å². The summed E-state index contributed by atoms with van der Waals surface area (Å²) in [6.07, 6.45) is 2.98. The Morgan fingerprint density at radius 1 is 1.32 bits per heavy atom. The Bertz CT molecular complexity index is 572. The second kappa shape index (κ2) is 10.1. The van der Waals surface area contributed by atoms with Crippen LogP contribution in [0.3, 0.4) is 0 Å². The van der Waals surface area contributed by atoms with Gasteiger partial charge >= 0.3 is 0 Å². The van der Waals surface area contributed by atoms with Crippen molar-refractivity contribution >= 4 is 22.2 Å². The van der Waals surface area contributed by atoms with Crippen LogP contribution in [-0.4, -0.2) is 24.8 Å². The van der Waals surface area contributed by atoms with Gasteiger partial charge in [0.25, 0.3) is 0 Å². The molecule has 3 rings (SSSR count). The number of aryl methyl sites for hydroxylation is 1. The third kappa shape index (κ3) is 6.87. The monoisotopic (exact) mass is 363 g/mol. The molecule has 1 aliphatic rings. The van der Waals surface area contributed by atoms with Gasteiger partial charge in [0.1, 0.15) is 17.8 Å². The van der Waals surface area contributed by atoms with Crippen LogP contribution >= 0.6 is 15.9 Å². The molecule has 0 bridgehead atoms. The molecule has 0 amide bonds. The van der Waals surface area contributed by atoms with Crippen LogP contribution in [0.4, 0.5) is 0 Å². The Hall–Kier alpha value is -1.65. The quantitative estimate of drug-likeness (QED) is 0.556. The Morgan fingerprint density at radius 3 is 2.45 bits per heavy atom. The lowest BCUT2D eigenvalue weighted by Crippen LogP contribution is -2.25. The molecule has 0 aliphatic carbocycles. The Kier molecular flexibility index (Phi) is 8.48. The predicted molar refractivity (Wildman–Crippen MR) is 93.9 cm³/mol.